The molecule has 0 aliphatic heterocycles. The van der Waals surface area contributed by atoms with Gasteiger partial charge in [-0.3, -0.25) is 4.52 Å². The Morgan fingerprint density at radius 1 is 1.09 bits per heavy atom. The predicted octanol–water partition coefficient (Wildman–Crippen LogP) is -1.18. The van der Waals surface area contributed by atoms with Crippen molar-refractivity contribution in [2.45, 2.75) is 24.2 Å². The quantitative estimate of drug-likeness (QED) is 0.203. The number of anilines is 1. The zero-order valence-electron chi connectivity index (χ0n) is 15.7. The number of nitrogen functional groups attached to an aromatic ring is 1. The summed E-state index contributed by atoms with van der Waals surface area (Å²) in [5.74, 6) is -1.29. The van der Waals surface area contributed by atoms with Crippen molar-refractivity contribution in [3.8, 4) is 0 Å². The second-order valence-electron chi connectivity index (χ2n) is 7.33. The van der Waals surface area contributed by atoms with Crippen LogP contribution in [0.4, 0.5) is 5.82 Å². The summed E-state index contributed by atoms with van der Waals surface area (Å²) in [7, 11) is -16.6. The minimum Gasteiger partial charge on any atom is -0.390 e. The highest BCUT2D eigenvalue weighted by Gasteiger charge is 2.72. The van der Waals surface area contributed by atoms with Crippen molar-refractivity contribution in [2.75, 3.05) is 12.3 Å². The molecule has 2 fully saturated rings. The van der Waals surface area contributed by atoms with Crippen LogP contribution in [0.15, 0.2) is 12.7 Å². The maximum atomic E-state index is 12.0. The summed E-state index contributed by atoms with van der Waals surface area (Å²) in [6.07, 6.45) is 0.101. The van der Waals surface area contributed by atoms with Gasteiger partial charge in [0.2, 0.25) is 0 Å². The van der Waals surface area contributed by atoms with E-state index in [1.54, 1.807) is 0 Å². The van der Waals surface area contributed by atoms with E-state index in [2.05, 4.69) is 28.1 Å². The Hall–Kier alpha value is -1.32. The third-order valence-corrected chi connectivity index (χ3v) is 9.28. The molecule has 0 radical (unpaired) electrons. The molecular formula is C12H18N5O12P3. The largest absolute Gasteiger partial charge is 0.490 e. The van der Waals surface area contributed by atoms with E-state index in [1.807, 2.05) is 0 Å². The van der Waals surface area contributed by atoms with Gasteiger partial charge in [0.05, 0.1) is 24.6 Å². The molecule has 2 saturated carbocycles. The number of hydrogen-bond donors (Lipinski definition) is 7. The molecular weight excluding hydrogens is 499 g/mol. The van der Waals surface area contributed by atoms with Crippen LogP contribution < -0.4 is 5.73 Å². The molecule has 4 rings (SSSR count). The molecule has 2 heterocycles. The molecule has 2 unspecified atom stereocenters. The zero-order valence-corrected chi connectivity index (χ0v) is 18.4. The highest BCUT2D eigenvalue weighted by Crippen LogP contribution is 2.68. The lowest BCUT2D eigenvalue weighted by molar-refractivity contribution is -0.0269. The Balaban J connectivity index is 1.50. The number of nitrogens with two attached hydrogens (primary N) is 1. The first-order chi connectivity index (χ1) is 14.7. The van der Waals surface area contributed by atoms with Crippen LogP contribution in [0.25, 0.3) is 11.2 Å². The fourth-order valence-electron chi connectivity index (χ4n) is 4.20. The van der Waals surface area contributed by atoms with Crippen molar-refractivity contribution in [2.24, 2.45) is 11.8 Å². The monoisotopic (exact) mass is 517 g/mol. The van der Waals surface area contributed by atoms with Crippen LogP contribution in [-0.4, -0.2) is 68.1 Å². The van der Waals surface area contributed by atoms with Crippen LogP contribution in [0, 0.1) is 11.8 Å². The van der Waals surface area contributed by atoms with Gasteiger partial charge in [-0.05, 0) is 12.3 Å². The van der Waals surface area contributed by atoms with E-state index in [0.717, 1.165) is 0 Å². The Bertz CT molecular complexity index is 1200. The van der Waals surface area contributed by atoms with Crippen molar-refractivity contribution in [1.29, 1.82) is 0 Å². The summed E-state index contributed by atoms with van der Waals surface area (Å²) in [6, 6.07) is 0. The molecule has 7 atom stereocenters. The number of nitrogens with zero attached hydrogens (tertiary/aromatic N) is 4. The van der Waals surface area contributed by atoms with Gasteiger partial charge >= 0.3 is 23.5 Å². The lowest BCUT2D eigenvalue weighted by Crippen LogP contribution is -2.39. The van der Waals surface area contributed by atoms with E-state index in [9.17, 15) is 33.7 Å². The number of imidazole rings is 1. The summed E-state index contributed by atoms with van der Waals surface area (Å²) in [6.45, 7) is -0.710. The van der Waals surface area contributed by atoms with Gasteiger partial charge in [-0.1, -0.05) is 0 Å². The maximum Gasteiger partial charge on any atom is 0.490 e. The minimum absolute atomic E-state index is 0.111. The minimum atomic E-state index is -5.67. The Labute approximate surface area is 178 Å². The molecule has 2 aliphatic rings. The molecule has 0 amide bonds. The SMILES string of the molecule is Nc1ncnc2c1ncn2[C@]12C[C@@H]1[C@H](COP(=O)(O)OP(=O)(O)OP(=O)(O)O)[C@@H](O)[C@H]2O. The Morgan fingerprint density at radius 2 is 1.78 bits per heavy atom. The van der Waals surface area contributed by atoms with Gasteiger partial charge in [-0.2, -0.15) is 8.62 Å². The van der Waals surface area contributed by atoms with Crippen LogP contribution in [-0.2, 0) is 32.4 Å². The van der Waals surface area contributed by atoms with Gasteiger partial charge in [0.15, 0.2) is 11.5 Å². The van der Waals surface area contributed by atoms with Crippen LogP contribution in [0.2, 0.25) is 0 Å². The van der Waals surface area contributed by atoms with Gasteiger partial charge in [0, 0.05) is 5.92 Å². The fraction of sp³-hybridized carbons (Fsp3) is 0.583. The van der Waals surface area contributed by atoms with Crippen LogP contribution in [0.5, 0.6) is 0 Å². The molecule has 32 heavy (non-hydrogen) atoms. The standard InChI is InChI=1S/C12H18N5O12P3/c13-10-7-11(15-3-14-10)17(4-16-7)12-1-6(12)5(8(18)9(12)19)2-27-31(23,24)29-32(25,26)28-30(20,21)22/h3-6,8-9,18-19H,1-2H2,(H,23,24)(H,25,26)(H2,13,14,15)(H2,20,21,22)/t5-,6+,8+,9+,12+/m0/s1. The second kappa shape index (κ2) is 7.60. The molecule has 20 heteroatoms. The first kappa shape index (κ1) is 23.8. The molecule has 2 aromatic rings. The van der Waals surface area contributed by atoms with Crippen molar-refractivity contribution < 1.29 is 56.6 Å². The summed E-state index contributed by atoms with van der Waals surface area (Å²) in [5.41, 5.74) is 5.30. The van der Waals surface area contributed by atoms with Crippen molar-refractivity contribution in [3.63, 3.8) is 0 Å². The first-order valence-corrected chi connectivity index (χ1v) is 13.3. The average Bonchev–Trinajstić information content (AvgIpc) is 3.12. The van der Waals surface area contributed by atoms with Gasteiger partial charge in [-0.15, -0.1) is 0 Å². The molecule has 0 bridgehead atoms. The number of aliphatic hydroxyl groups excluding tert-OH is 2. The fourth-order valence-corrected chi connectivity index (χ4v) is 7.25. The highest BCUT2D eigenvalue weighted by molar-refractivity contribution is 7.66. The van der Waals surface area contributed by atoms with Crippen LogP contribution >= 0.6 is 23.5 Å². The lowest BCUT2D eigenvalue weighted by Gasteiger charge is -2.24. The van der Waals surface area contributed by atoms with E-state index in [4.69, 9.17) is 15.5 Å². The number of phosphoric acid groups is 3. The molecule has 0 saturated heterocycles. The number of hydrogen-bond acceptors (Lipinski definition) is 12. The van der Waals surface area contributed by atoms with Gasteiger partial charge in [0.25, 0.3) is 0 Å². The van der Waals surface area contributed by atoms with Crippen molar-refractivity contribution in [1.82, 2.24) is 19.5 Å². The van der Waals surface area contributed by atoms with E-state index in [0.29, 0.717) is 12.1 Å². The third-order valence-electron chi connectivity index (χ3n) is 5.48. The molecule has 0 spiro atoms. The topological polar surface area (TPSA) is 270 Å². The van der Waals surface area contributed by atoms with E-state index in [1.165, 1.54) is 17.2 Å². The lowest BCUT2D eigenvalue weighted by atomic mass is 10.0. The maximum absolute atomic E-state index is 12.0. The molecule has 2 aromatic heterocycles. The number of phosphoric ester groups is 1. The number of fused-ring (bicyclic) bond motifs is 2. The number of rotatable bonds is 8. The first-order valence-electron chi connectivity index (χ1n) is 8.75. The van der Waals surface area contributed by atoms with Crippen LogP contribution in [0.1, 0.15) is 6.42 Å². The summed E-state index contributed by atoms with van der Waals surface area (Å²) < 4.78 is 47.5. The van der Waals surface area contributed by atoms with Gasteiger partial charge in [0.1, 0.15) is 17.9 Å². The average molecular weight is 517 g/mol. The number of aromatic nitrogens is 4. The zero-order chi connectivity index (χ0) is 23.7. The summed E-state index contributed by atoms with van der Waals surface area (Å²) in [5, 5.41) is 21.2. The van der Waals surface area contributed by atoms with Crippen molar-refractivity contribution in [3.05, 3.63) is 12.7 Å². The number of aliphatic hydroxyl groups is 2. The van der Waals surface area contributed by atoms with E-state index in [-0.39, 0.29) is 11.3 Å². The Morgan fingerprint density at radius 3 is 2.44 bits per heavy atom. The van der Waals surface area contributed by atoms with Crippen molar-refractivity contribution >= 4 is 40.4 Å². The normalized spacial score (nSPS) is 33.6. The highest BCUT2D eigenvalue weighted by atomic mass is 31.3. The third kappa shape index (κ3) is 4.16. The van der Waals surface area contributed by atoms with E-state index < -0.39 is 59.7 Å². The molecule has 17 nitrogen and oxygen atoms in total. The second-order valence-corrected chi connectivity index (χ2v) is 11.8. The predicted molar refractivity (Wildman–Crippen MR) is 101 cm³/mol. The van der Waals surface area contributed by atoms with Gasteiger partial charge in [-0.25, -0.2) is 28.6 Å². The molecule has 0 aromatic carbocycles. The molecule has 2 aliphatic carbocycles. The van der Waals surface area contributed by atoms with E-state index >= 15 is 0 Å². The summed E-state index contributed by atoms with van der Waals surface area (Å²) in [4.78, 5) is 48.0. The molecule has 178 valence electrons. The van der Waals surface area contributed by atoms with Crippen LogP contribution in [0.3, 0.4) is 0 Å². The van der Waals surface area contributed by atoms with Gasteiger partial charge < -0.3 is 40.1 Å². The summed E-state index contributed by atoms with van der Waals surface area (Å²) >= 11 is 0. The molecule has 8 N–H and O–H groups in total. The Kier molecular flexibility index (Phi) is 5.66. The smallest absolute Gasteiger partial charge is 0.390 e.